The van der Waals surface area contributed by atoms with Crippen LogP contribution in [0.4, 0.5) is 8.78 Å². The maximum atomic E-state index is 13.4. The number of hydrogen-bond acceptors (Lipinski definition) is 0. The van der Waals surface area contributed by atoms with Crippen molar-refractivity contribution in [2.24, 2.45) is 0 Å². The minimum Gasteiger partial charge on any atom is -0.205 e. The topological polar surface area (TPSA) is 0 Å². The van der Waals surface area contributed by atoms with E-state index in [1.54, 1.807) is 12.1 Å². The minimum atomic E-state index is -2.46. The predicted molar refractivity (Wildman–Crippen MR) is 120 cm³/mol. The van der Waals surface area contributed by atoms with Gasteiger partial charge in [-0.25, -0.2) is 8.78 Å². The van der Waals surface area contributed by atoms with Crippen LogP contribution in [-0.2, 0) is 6.16 Å². The van der Waals surface area contributed by atoms with Gasteiger partial charge in [0, 0.05) is 5.56 Å². The van der Waals surface area contributed by atoms with E-state index in [0.717, 1.165) is 5.56 Å². The highest BCUT2D eigenvalue weighted by atomic mass is 31.2. The van der Waals surface area contributed by atoms with Crippen LogP contribution in [0.25, 0.3) is 0 Å². The summed E-state index contributed by atoms with van der Waals surface area (Å²) >= 11 is 0. The van der Waals surface area contributed by atoms with E-state index in [1.807, 2.05) is 24.3 Å². The van der Waals surface area contributed by atoms with Crippen LogP contribution in [-0.4, -0.2) is 0 Å². The molecule has 4 aromatic rings. The molecule has 0 saturated heterocycles. The maximum Gasteiger partial charge on any atom is 0.263 e. The maximum absolute atomic E-state index is 13.4. The van der Waals surface area contributed by atoms with E-state index >= 15 is 0 Å². The molecule has 0 aromatic heterocycles. The molecule has 4 rings (SSSR count). The van der Waals surface area contributed by atoms with E-state index in [2.05, 4.69) is 72.8 Å². The highest BCUT2D eigenvalue weighted by Crippen LogP contribution is 2.58. The van der Waals surface area contributed by atoms with E-state index in [4.69, 9.17) is 0 Å². The summed E-state index contributed by atoms with van der Waals surface area (Å²) in [7, 11) is -2.07. The molecular weight excluding hydrogens is 381 g/mol. The molecule has 0 nitrogen and oxygen atoms in total. The Hall–Kier alpha value is -2.83. The Labute approximate surface area is 171 Å². The van der Waals surface area contributed by atoms with Gasteiger partial charge in [-0.2, -0.15) is 0 Å². The van der Waals surface area contributed by atoms with E-state index in [-0.39, 0.29) is 5.56 Å². The summed E-state index contributed by atoms with van der Waals surface area (Å²) in [6.07, 6.45) is -1.76. The smallest absolute Gasteiger partial charge is 0.205 e. The number of alkyl halides is 2. The summed E-state index contributed by atoms with van der Waals surface area (Å²) in [5, 5.41) is 3.75. The number of benzene rings is 4. The summed E-state index contributed by atoms with van der Waals surface area (Å²) in [4.78, 5) is 0. The fraction of sp³-hybridized carbons (Fsp3) is 0.0769. The quantitative estimate of drug-likeness (QED) is 0.340. The van der Waals surface area contributed by atoms with E-state index in [1.165, 1.54) is 22.0 Å². The van der Waals surface area contributed by atoms with Crippen molar-refractivity contribution in [2.75, 3.05) is 0 Å². The van der Waals surface area contributed by atoms with E-state index in [9.17, 15) is 8.78 Å². The lowest BCUT2D eigenvalue weighted by Crippen LogP contribution is -2.32. The van der Waals surface area contributed by atoms with Crippen LogP contribution < -0.4 is 15.9 Å². The lowest BCUT2D eigenvalue weighted by atomic mass is 10.1. The summed E-state index contributed by atoms with van der Waals surface area (Å²) in [5.41, 5.74) is 1.02. The molecule has 0 atom stereocenters. The van der Waals surface area contributed by atoms with Gasteiger partial charge >= 0.3 is 0 Å². The van der Waals surface area contributed by atoms with Gasteiger partial charge in [0.05, 0.1) is 6.16 Å². The Morgan fingerprint density at radius 2 is 1.00 bits per heavy atom. The first-order valence-corrected chi connectivity index (χ1v) is 11.6. The first-order valence-electron chi connectivity index (χ1n) is 9.62. The molecule has 0 aliphatic carbocycles. The van der Waals surface area contributed by atoms with E-state index < -0.39 is 13.7 Å². The minimum absolute atomic E-state index is 0.0785. The molecule has 0 unspecified atom stereocenters. The van der Waals surface area contributed by atoms with Crippen LogP contribution in [0.5, 0.6) is 0 Å². The third kappa shape index (κ3) is 3.99. The first-order chi connectivity index (χ1) is 14.2. The van der Waals surface area contributed by atoms with Crippen molar-refractivity contribution in [1.29, 1.82) is 0 Å². The molecule has 0 bridgehead atoms. The molecule has 0 amide bonds. The molecular formula is C26H22F2P+. The molecule has 0 heterocycles. The van der Waals surface area contributed by atoms with Crippen molar-refractivity contribution in [3.05, 3.63) is 126 Å². The molecule has 0 aliphatic heterocycles. The van der Waals surface area contributed by atoms with Gasteiger partial charge in [-0.15, -0.1) is 0 Å². The molecule has 29 heavy (non-hydrogen) atoms. The Kier molecular flexibility index (Phi) is 5.83. The molecule has 0 fully saturated rings. The predicted octanol–water partition coefficient (Wildman–Crippen LogP) is 6.12. The van der Waals surface area contributed by atoms with Crippen molar-refractivity contribution in [3.63, 3.8) is 0 Å². The average Bonchev–Trinajstić information content (AvgIpc) is 2.79. The van der Waals surface area contributed by atoms with Gasteiger partial charge in [0.25, 0.3) is 6.43 Å². The van der Waals surface area contributed by atoms with Gasteiger partial charge in [0.15, 0.2) is 0 Å². The normalized spacial score (nSPS) is 11.6. The molecule has 0 aliphatic rings. The fourth-order valence-corrected chi connectivity index (χ4v) is 8.10. The summed E-state index contributed by atoms with van der Waals surface area (Å²) in [6.45, 7) is 0. The Bertz CT molecular complexity index is 951. The third-order valence-corrected chi connectivity index (χ3v) is 9.59. The van der Waals surface area contributed by atoms with Crippen LogP contribution >= 0.6 is 7.26 Å². The molecule has 144 valence electrons. The highest BCUT2D eigenvalue weighted by molar-refractivity contribution is 7.95. The van der Waals surface area contributed by atoms with Crippen LogP contribution in [0.3, 0.4) is 0 Å². The lowest BCUT2D eigenvalue weighted by Gasteiger charge is -2.28. The van der Waals surface area contributed by atoms with Gasteiger partial charge in [0.1, 0.15) is 23.2 Å². The van der Waals surface area contributed by atoms with E-state index in [0.29, 0.717) is 6.16 Å². The monoisotopic (exact) mass is 403 g/mol. The average molecular weight is 403 g/mol. The zero-order valence-electron chi connectivity index (χ0n) is 16.0. The van der Waals surface area contributed by atoms with Crippen molar-refractivity contribution >= 4 is 23.2 Å². The molecule has 0 spiro atoms. The summed E-state index contributed by atoms with van der Waals surface area (Å²) in [5.74, 6) is 0. The van der Waals surface area contributed by atoms with Crippen LogP contribution in [0.1, 0.15) is 17.6 Å². The standard InChI is InChI=1S/C26H22F2P/c27-26(28)22-12-10-11-21(19-22)20-29(23-13-4-1-5-14-23,24-15-6-2-7-16-24)25-17-8-3-9-18-25/h1-19,26H,20H2/q+1. The largest absolute Gasteiger partial charge is 0.263 e. The molecule has 3 heteroatoms. The van der Waals surface area contributed by atoms with Crippen LogP contribution in [0, 0.1) is 0 Å². The van der Waals surface area contributed by atoms with Crippen molar-refractivity contribution in [3.8, 4) is 0 Å². The van der Waals surface area contributed by atoms with Crippen LogP contribution in [0.2, 0.25) is 0 Å². The van der Waals surface area contributed by atoms with Crippen LogP contribution in [0.15, 0.2) is 115 Å². The van der Waals surface area contributed by atoms with Crippen molar-refractivity contribution < 1.29 is 8.78 Å². The Morgan fingerprint density at radius 1 is 0.552 bits per heavy atom. The number of halogens is 2. The summed E-state index contributed by atoms with van der Waals surface area (Å²) in [6, 6.07) is 38.3. The zero-order chi connectivity index (χ0) is 20.1. The molecule has 0 saturated carbocycles. The fourth-order valence-electron chi connectivity index (χ4n) is 3.87. The zero-order valence-corrected chi connectivity index (χ0v) is 16.9. The first kappa shape index (κ1) is 19.5. The summed E-state index contributed by atoms with van der Waals surface area (Å²) < 4.78 is 26.7. The number of rotatable bonds is 6. The highest BCUT2D eigenvalue weighted by Gasteiger charge is 2.45. The van der Waals surface area contributed by atoms with Gasteiger partial charge in [-0.05, 0) is 48.0 Å². The van der Waals surface area contributed by atoms with Gasteiger partial charge in [0.2, 0.25) is 0 Å². The molecule has 0 N–H and O–H groups in total. The van der Waals surface area contributed by atoms with Gasteiger partial charge < -0.3 is 0 Å². The molecule has 4 aromatic carbocycles. The Balaban J connectivity index is 1.97. The van der Waals surface area contributed by atoms with Gasteiger partial charge in [-0.1, -0.05) is 72.8 Å². The Morgan fingerprint density at radius 3 is 1.41 bits per heavy atom. The molecule has 0 radical (unpaired) electrons. The second-order valence-electron chi connectivity index (χ2n) is 7.02. The lowest BCUT2D eigenvalue weighted by molar-refractivity contribution is 0.151. The van der Waals surface area contributed by atoms with Gasteiger partial charge in [-0.3, -0.25) is 0 Å². The number of hydrogen-bond donors (Lipinski definition) is 0. The second-order valence-corrected chi connectivity index (χ2v) is 10.5. The van der Waals surface area contributed by atoms with Crippen molar-refractivity contribution in [1.82, 2.24) is 0 Å². The SMILES string of the molecule is FC(F)c1cccc(C[P+](c2ccccc2)(c2ccccc2)c2ccccc2)c1. The van der Waals surface area contributed by atoms with Crippen molar-refractivity contribution in [2.45, 2.75) is 12.6 Å². The third-order valence-electron chi connectivity index (χ3n) is 5.21. The second kappa shape index (κ2) is 8.68.